The number of hydrogen-bond acceptors (Lipinski definition) is 1. The highest BCUT2D eigenvalue weighted by molar-refractivity contribution is 5.76. The van der Waals surface area contributed by atoms with Gasteiger partial charge in [-0.25, -0.2) is 0 Å². The molecule has 0 spiro atoms. The number of nitrogens with one attached hydrogen (secondary N) is 1. The topological polar surface area (TPSA) is 12.0 Å². The molecule has 2 aromatic rings. The second-order valence-electron chi connectivity index (χ2n) is 6.28. The largest absolute Gasteiger partial charge is 0.365 e. The lowest BCUT2D eigenvalue weighted by molar-refractivity contribution is 0.996. The Morgan fingerprint density at radius 3 is 2.41 bits per heavy atom. The van der Waals surface area contributed by atoms with Crippen LogP contribution in [0.25, 0.3) is 11.1 Å². The van der Waals surface area contributed by atoms with Crippen molar-refractivity contribution in [1.29, 1.82) is 0 Å². The van der Waals surface area contributed by atoms with Crippen molar-refractivity contribution in [2.75, 3.05) is 0 Å². The zero-order chi connectivity index (χ0) is 18.7. The molecule has 1 heteroatoms. The second-order valence-corrected chi connectivity index (χ2v) is 6.28. The number of allylic oxidation sites excluding steroid dienone is 10. The van der Waals surface area contributed by atoms with Crippen LogP contribution < -0.4 is 5.32 Å². The standard InChI is InChI=1S/C26H25N/c1-2-11-22(23-12-5-3-6-13-23)17-10-21-27-26-18-9-16-25(19-20-26)24-14-7-4-8-15-24/h2-17,19-21,27H,18H2,1H3/b11-2-,21-10+,22-17+. The molecule has 1 aliphatic carbocycles. The Kier molecular flexibility index (Phi) is 6.83. The highest BCUT2D eigenvalue weighted by Crippen LogP contribution is 2.19. The van der Waals surface area contributed by atoms with Crippen molar-refractivity contribution < 1.29 is 0 Å². The molecular formula is C26H25N. The lowest BCUT2D eigenvalue weighted by Crippen LogP contribution is -2.02. The van der Waals surface area contributed by atoms with E-state index in [-0.39, 0.29) is 0 Å². The quantitative estimate of drug-likeness (QED) is 0.573. The minimum Gasteiger partial charge on any atom is -0.365 e. The van der Waals surface area contributed by atoms with E-state index >= 15 is 0 Å². The first-order chi connectivity index (χ1) is 13.4. The van der Waals surface area contributed by atoms with E-state index < -0.39 is 0 Å². The monoisotopic (exact) mass is 351 g/mol. The van der Waals surface area contributed by atoms with Gasteiger partial charge in [0, 0.05) is 18.3 Å². The van der Waals surface area contributed by atoms with Crippen molar-refractivity contribution in [1.82, 2.24) is 5.32 Å². The van der Waals surface area contributed by atoms with Gasteiger partial charge in [0.05, 0.1) is 0 Å². The lowest BCUT2D eigenvalue weighted by atomic mass is 10.1. The molecule has 0 amide bonds. The summed E-state index contributed by atoms with van der Waals surface area (Å²) in [6.07, 6.45) is 20.0. The third kappa shape index (κ3) is 5.58. The number of benzene rings is 2. The zero-order valence-corrected chi connectivity index (χ0v) is 15.7. The van der Waals surface area contributed by atoms with Crippen molar-refractivity contribution >= 4 is 11.1 Å². The smallest absolute Gasteiger partial charge is 0.0185 e. The van der Waals surface area contributed by atoms with Crippen LogP contribution in [-0.2, 0) is 0 Å². The Labute approximate surface area is 162 Å². The predicted molar refractivity (Wildman–Crippen MR) is 118 cm³/mol. The van der Waals surface area contributed by atoms with Crippen molar-refractivity contribution in [2.24, 2.45) is 0 Å². The second kappa shape index (κ2) is 9.98. The van der Waals surface area contributed by atoms with Crippen LogP contribution >= 0.6 is 0 Å². The molecule has 0 saturated heterocycles. The van der Waals surface area contributed by atoms with Crippen LogP contribution in [0.15, 0.2) is 121 Å². The van der Waals surface area contributed by atoms with Crippen LogP contribution in [0.2, 0.25) is 0 Å². The Hall–Kier alpha value is -3.32. The highest BCUT2D eigenvalue weighted by atomic mass is 14.8. The average molecular weight is 351 g/mol. The van der Waals surface area contributed by atoms with E-state index in [0.29, 0.717) is 0 Å². The summed E-state index contributed by atoms with van der Waals surface area (Å²) in [4.78, 5) is 0. The lowest BCUT2D eigenvalue weighted by Gasteiger charge is -2.03. The summed E-state index contributed by atoms with van der Waals surface area (Å²) in [5.41, 5.74) is 6.05. The van der Waals surface area contributed by atoms with Gasteiger partial charge in [-0.1, -0.05) is 97.1 Å². The molecule has 1 aliphatic rings. The van der Waals surface area contributed by atoms with Gasteiger partial charge in [0.25, 0.3) is 0 Å². The van der Waals surface area contributed by atoms with Gasteiger partial charge in [0.2, 0.25) is 0 Å². The third-order valence-corrected chi connectivity index (χ3v) is 4.30. The Bertz CT molecular complexity index is 907. The van der Waals surface area contributed by atoms with E-state index in [0.717, 1.165) is 6.42 Å². The van der Waals surface area contributed by atoms with Gasteiger partial charge in [-0.05, 0) is 41.3 Å². The molecule has 0 fully saturated rings. The number of rotatable bonds is 6. The van der Waals surface area contributed by atoms with Crippen molar-refractivity contribution in [3.8, 4) is 0 Å². The van der Waals surface area contributed by atoms with Gasteiger partial charge >= 0.3 is 0 Å². The molecule has 0 aliphatic heterocycles. The zero-order valence-electron chi connectivity index (χ0n) is 15.7. The summed E-state index contributed by atoms with van der Waals surface area (Å²) in [6, 6.07) is 20.9. The number of hydrogen-bond donors (Lipinski definition) is 1. The fraction of sp³-hybridized carbons (Fsp3) is 0.0769. The maximum atomic E-state index is 3.40. The van der Waals surface area contributed by atoms with Gasteiger partial charge < -0.3 is 5.32 Å². The van der Waals surface area contributed by atoms with E-state index in [9.17, 15) is 0 Å². The normalized spacial score (nSPS) is 14.9. The van der Waals surface area contributed by atoms with E-state index in [1.807, 2.05) is 25.3 Å². The molecule has 0 unspecified atom stereocenters. The molecule has 0 atom stereocenters. The first kappa shape index (κ1) is 18.5. The van der Waals surface area contributed by atoms with Crippen LogP contribution in [0.5, 0.6) is 0 Å². The van der Waals surface area contributed by atoms with Gasteiger partial charge in [0.1, 0.15) is 0 Å². The fourth-order valence-corrected chi connectivity index (χ4v) is 2.92. The van der Waals surface area contributed by atoms with Crippen LogP contribution in [0.1, 0.15) is 24.5 Å². The van der Waals surface area contributed by atoms with Crippen LogP contribution in [0.4, 0.5) is 0 Å². The maximum absolute atomic E-state index is 3.40. The van der Waals surface area contributed by atoms with E-state index in [4.69, 9.17) is 0 Å². The molecule has 1 nitrogen and oxygen atoms in total. The van der Waals surface area contributed by atoms with Gasteiger partial charge in [0.15, 0.2) is 0 Å². The fourth-order valence-electron chi connectivity index (χ4n) is 2.92. The van der Waals surface area contributed by atoms with Crippen molar-refractivity contribution in [2.45, 2.75) is 13.3 Å². The van der Waals surface area contributed by atoms with Gasteiger partial charge in [-0.3, -0.25) is 0 Å². The van der Waals surface area contributed by atoms with E-state index in [1.54, 1.807) is 0 Å². The summed E-state index contributed by atoms with van der Waals surface area (Å²) >= 11 is 0. The molecule has 2 aromatic carbocycles. The molecule has 0 saturated carbocycles. The van der Waals surface area contributed by atoms with Gasteiger partial charge in [-0.2, -0.15) is 0 Å². The molecule has 134 valence electrons. The minimum absolute atomic E-state index is 0.890. The maximum Gasteiger partial charge on any atom is 0.0185 e. The SMILES string of the molecule is C\C=C/C(=C\C=C\NC1=CC=C(c2ccccc2)C=CC1)c1ccccc1. The van der Waals surface area contributed by atoms with Crippen molar-refractivity contribution in [3.05, 3.63) is 132 Å². The summed E-state index contributed by atoms with van der Waals surface area (Å²) in [5.74, 6) is 0. The summed E-state index contributed by atoms with van der Waals surface area (Å²) < 4.78 is 0. The summed E-state index contributed by atoms with van der Waals surface area (Å²) in [7, 11) is 0. The summed E-state index contributed by atoms with van der Waals surface area (Å²) in [5, 5.41) is 3.40. The molecule has 0 aromatic heterocycles. The first-order valence-electron chi connectivity index (χ1n) is 9.31. The average Bonchev–Trinajstić information content (AvgIpc) is 2.97. The van der Waals surface area contributed by atoms with Crippen LogP contribution in [-0.4, -0.2) is 0 Å². The molecule has 0 radical (unpaired) electrons. The first-order valence-corrected chi connectivity index (χ1v) is 9.31. The van der Waals surface area contributed by atoms with E-state index in [1.165, 1.54) is 28.0 Å². The van der Waals surface area contributed by atoms with E-state index in [2.05, 4.69) is 102 Å². The molecule has 0 heterocycles. The molecule has 27 heavy (non-hydrogen) atoms. The Morgan fingerprint density at radius 2 is 1.67 bits per heavy atom. The predicted octanol–water partition coefficient (Wildman–Crippen LogP) is 6.68. The van der Waals surface area contributed by atoms with Crippen LogP contribution in [0.3, 0.4) is 0 Å². The molecule has 3 rings (SSSR count). The molecular weight excluding hydrogens is 326 g/mol. The summed E-state index contributed by atoms with van der Waals surface area (Å²) in [6.45, 7) is 2.04. The third-order valence-electron chi connectivity index (χ3n) is 4.30. The van der Waals surface area contributed by atoms with Gasteiger partial charge in [-0.15, -0.1) is 0 Å². The molecule has 0 bridgehead atoms. The Morgan fingerprint density at radius 1 is 0.926 bits per heavy atom. The Balaban J connectivity index is 1.68. The molecule has 1 N–H and O–H groups in total. The highest BCUT2D eigenvalue weighted by Gasteiger charge is 2.00. The minimum atomic E-state index is 0.890. The van der Waals surface area contributed by atoms with Crippen LogP contribution in [0, 0.1) is 0 Å². The van der Waals surface area contributed by atoms with Crippen molar-refractivity contribution in [3.63, 3.8) is 0 Å².